The molecule has 1 saturated carbocycles. The van der Waals surface area contributed by atoms with Crippen LogP contribution in [0.3, 0.4) is 0 Å². The number of urea groups is 1. The van der Waals surface area contributed by atoms with Crippen molar-refractivity contribution in [3.8, 4) is 5.75 Å². The molecule has 0 bridgehead atoms. The van der Waals surface area contributed by atoms with Crippen molar-refractivity contribution in [1.29, 1.82) is 0 Å². The Morgan fingerprint density at radius 2 is 2.03 bits per heavy atom. The van der Waals surface area contributed by atoms with Crippen LogP contribution in [0.5, 0.6) is 5.75 Å². The third kappa shape index (κ3) is 3.69. The molecule has 1 aromatic carbocycles. The number of carbonyl (C=O) groups is 2. The Morgan fingerprint density at radius 3 is 2.70 bits per heavy atom. The Bertz CT molecular complexity index is 1180. The maximum atomic E-state index is 11.9. The number of amides is 3. The molecule has 9 nitrogen and oxygen atoms in total. The summed E-state index contributed by atoms with van der Waals surface area (Å²) in [6.07, 6.45) is 5.45. The number of fused-ring (bicyclic) bond motifs is 1. The first-order valence-corrected chi connectivity index (χ1v) is 10.2. The summed E-state index contributed by atoms with van der Waals surface area (Å²) in [5, 5.41) is 13.4. The van der Waals surface area contributed by atoms with Crippen LogP contribution in [0.1, 0.15) is 18.4 Å². The van der Waals surface area contributed by atoms with Crippen LogP contribution in [0.25, 0.3) is 11.7 Å². The van der Waals surface area contributed by atoms with E-state index in [1.54, 1.807) is 23.9 Å². The van der Waals surface area contributed by atoms with Gasteiger partial charge in [-0.1, -0.05) is 11.8 Å². The van der Waals surface area contributed by atoms with Gasteiger partial charge in [0.25, 0.3) is 5.91 Å². The molecule has 0 radical (unpaired) electrons. The van der Waals surface area contributed by atoms with E-state index >= 15 is 0 Å². The van der Waals surface area contributed by atoms with E-state index in [0.717, 1.165) is 34.3 Å². The highest BCUT2D eigenvalue weighted by atomic mass is 32.2. The fraction of sp³-hybridized carbons (Fsp3) is 0.200. The van der Waals surface area contributed by atoms with Gasteiger partial charge >= 0.3 is 6.03 Å². The molecule has 2 aromatic heterocycles. The third-order valence-corrected chi connectivity index (χ3v) is 5.63. The van der Waals surface area contributed by atoms with E-state index in [0.29, 0.717) is 17.3 Å². The van der Waals surface area contributed by atoms with Crippen LogP contribution < -0.4 is 20.7 Å². The highest BCUT2D eigenvalue weighted by Crippen LogP contribution is 2.32. The average Bonchev–Trinajstić information content (AvgIpc) is 3.37. The smallest absolute Gasteiger partial charge is 0.326 e. The van der Waals surface area contributed by atoms with Gasteiger partial charge in [0.1, 0.15) is 22.3 Å². The summed E-state index contributed by atoms with van der Waals surface area (Å²) >= 11 is 1.52. The summed E-state index contributed by atoms with van der Waals surface area (Å²) < 4.78 is 6.94. The maximum absolute atomic E-state index is 11.9. The van der Waals surface area contributed by atoms with E-state index in [9.17, 15) is 9.59 Å². The van der Waals surface area contributed by atoms with E-state index in [-0.39, 0.29) is 5.70 Å². The zero-order chi connectivity index (χ0) is 20.7. The van der Waals surface area contributed by atoms with E-state index < -0.39 is 11.9 Å². The van der Waals surface area contributed by atoms with Crippen LogP contribution >= 0.6 is 11.8 Å². The lowest BCUT2D eigenvalue weighted by Gasteiger charge is -2.10. The number of imide groups is 1. The number of methoxy groups -OCH3 is 1. The Labute approximate surface area is 175 Å². The second-order valence-corrected chi connectivity index (χ2v) is 8.07. The van der Waals surface area contributed by atoms with Gasteiger partial charge in [-0.3, -0.25) is 10.1 Å². The van der Waals surface area contributed by atoms with Crippen molar-refractivity contribution in [3.05, 3.63) is 47.8 Å². The minimum atomic E-state index is -0.539. The molecular formula is C20H18N6O3S. The molecule has 3 heterocycles. The molecule has 30 heavy (non-hydrogen) atoms. The van der Waals surface area contributed by atoms with Crippen molar-refractivity contribution in [2.24, 2.45) is 0 Å². The molecule has 1 aliphatic carbocycles. The monoisotopic (exact) mass is 422 g/mol. The molecule has 3 aromatic rings. The minimum absolute atomic E-state index is 0.168. The maximum Gasteiger partial charge on any atom is 0.326 e. The first kappa shape index (κ1) is 18.5. The van der Waals surface area contributed by atoms with Gasteiger partial charge in [-0.25, -0.2) is 9.78 Å². The highest BCUT2D eigenvalue weighted by molar-refractivity contribution is 7.99. The lowest BCUT2D eigenvalue weighted by molar-refractivity contribution is -0.115. The molecule has 0 unspecified atom stereocenters. The Balaban J connectivity index is 1.54. The Hall–Kier alpha value is -3.53. The fourth-order valence-corrected chi connectivity index (χ4v) is 3.87. The zero-order valence-electron chi connectivity index (χ0n) is 16.0. The molecule has 1 aliphatic heterocycles. The molecule has 10 heteroatoms. The van der Waals surface area contributed by atoms with Gasteiger partial charge in [-0.05, 0) is 43.2 Å². The van der Waals surface area contributed by atoms with Gasteiger partial charge in [0.05, 0.1) is 13.3 Å². The first-order valence-electron chi connectivity index (χ1n) is 9.40. The lowest BCUT2D eigenvalue weighted by atomic mass is 10.2. The molecule has 3 N–H and O–H groups in total. The number of anilines is 1. The van der Waals surface area contributed by atoms with Gasteiger partial charge in [0, 0.05) is 22.6 Å². The van der Waals surface area contributed by atoms with Gasteiger partial charge in [-0.15, -0.1) is 0 Å². The lowest BCUT2D eigenvalue weighted by Crippen LogP contribution is -2.22. The number of rotatable bonds is 6. The first-order chi connectivity index (χ1) is 14.6. The predicted octanol–water partition coefficient (Wildman–Crippen LogP) is 2.64. The Morgan fingerprint density at radius 1 is 1.23 bits per heavy atom. The summed E-state index contributed by atoms with van der Waals surface area (Å²) in [4.78, 5) is 29.1. The third-order valence-electron chi connectivity index (χ3n) is 4.71. The SMILES string of the molecule is COc1ccc(Sc2cc(NC3CC3)n3ncc(/C=C4\NC(=O)NC4=O)c3n2)cc1. The number of benzene rings is 1. The topological polar surface area (TPSA) is 110 Å². The molecule has 2 aliphatic rings. The van der Waals surface area contributed by atoms with Crippen LogP contribution in [0.15, 0.2) is 52.1 Å². The van der Waals surface area contributed by atoms with Crippen molar-refractivity contribution in [2.75, 3.05) is 12.4 Å². The van der Waals surface area contributed by atoms with Crippen molar-refractivity contribution < 1.29 is 14.3 Å². The molecule has 0 spiro atoms. The fourth-order valence-electron chi connectivity index (χ4n) is 3.05. The molecule has 3 amide bonds. The van der Waals surface area contributed by atoms with Crippen LogP contribution in [0.2, 0.25) is 0 Å². The van der Waals surface area contributed by atoms with Crippen LogP contribution in [-0.2, 0) is 4.79 Å². The predicted molar refractivity (Wildman–Crippen MR) is 111 cm³/mol. The standard InChI is InChI=1S/C20H18N6O3S/c1-29-13-4-6-14(7-5-13)30-17-9-16(22-12-2-3-12)26-18(24-17)11(10-21-26)8-15-19(27)25-20(28)23-15/h4-10,12,22H,2-3H2,1H3,(H2,23,25,27,28)/b15-8-. The van der Waals surface area contributed by atoms with Crippen molar-refractivity contribution in [2.45, 2.75) is 28.8 Å². The minimum Gasteiger partial charge on any atom is -0.497 e. The summed E-state index contributed by atoms with van der Waals surface area (Å²) in [5.74, 6) is 1.16. The summed E-state index contributed by atoms with van der Waals surface area (Å²) in [6.45, 7) is 0. The number of nitrogens with one attached hydrogen (secondary N) is 3. The number of ether oxygens (including phenoxy) is 1. The van der Waals surface area contributed by atoms with Crippen LogP contribution in [0, 0.1) is 0 Å². The normalized spacial score (nSPS) is 17.3. The molecule has 0 atom stereocenters. The van der Waals surface area contributed by atoms with Crippen LogP contribution in [-0.4, -0.2) is 39.7 Å². The van der Waals surface area contributed by atoms with E-state index in [1.165, 1.54) is 11.8 Å². The average molecular weight is 422 g/mol. The summed E-state index contributed by atoms with van der Waals surface area (Å²) in [7, 11) is 1.64. The number of nitrogens with zero attached hydrogens (tertiary/aromatic N) is 3. The molecule has 152 valence electrons. The van der Waals surface area contributed by atoms with Crippen molar-refractivity contribution in [3.63, 3.8) is 0 Å². The molecule has 2 fully saturated rings. The van der Waals surface area contributed by atoms with Crippen LogP contribution in [0.4, 0.5) is 10.6 Å². The van der Waals surface area contributed by atoms with E-state index in [1.807, 2.05) is 30.3 Å². The number of hydrogen-bond acceptors (Lipinski definition) is 7. The molecular weight excluding hydrogens is 404 g/mol. The second-order valence-electron chi connectivity index (χ2n) is 6.98. The van der Waals surface area contributed by atoms with Gasteiger partial charge in [0.15, 0.2) is 5.65 Å². The summed E-state index contributed by atoms with van der Waals surface area (Å²) in [6, 6.07) is 9.61. The molecule has 5 rings (SSSR count). The van der Waals surface area contributed by atoms with Gasteiger partial charge in [0.2, 0.25) is 0 Å². The number of aromatic nitrogens is 3. The second kappa shape index (κ2) is 7.38. The number of hydrogen-bond donors (Lipinski definition) is 3. The van der Waals surface area contributed by atoms with Crippen molar-refractivity contribution >= 4 is 41.2 Å². The largest absolute Gasteiger partial charge is 0.497 e. The van der Waals surface area contributed by atoms with E-state index in [2.05, 4.69) is 21.0 Å². The molecule has 1 saturated heterocycles. The highest BCUT2D eigenvalue weighted by Gasteiger charge is 2.25. The quantitative estimate of drug-likeness (QED) is 0.318. The van der Waals surface area contributed by atoms with E-state index in [4.69, 9.17) is 9.72 Å². The number of carbonyl (C=O) groups excluding carboxylic acids is 2. The van der Waals surface area contributed by atoms with Gasteiger partial charge in [-0.2, -0.15) is 9.61 Å². The van der Waals surface area contributed by atoms with Gasteiger partial charge < -0.3 is 15.4 Å². The Kier molecular flexibility index (Phi) is 4.55. The zero-order valence-corrected chi connectivity index (χ0v) is 16.8. The van der Waals surface area contributed by atoms with Crippen molar-refractivity contribution in [1.82, 2.24) is 25.2 Å². The summed E-state index contributed by atoms with van der Waals surface area (Å²) in [5.41, 5.74) is 1.40.